The molecule has 0 aromatic heterocycles. The van der Waals surface area contributed by atoms with Gasteiger partial charge in [0.15, 0.2) is 0 Å². The molecule has 0 aliphatic heterocycles. The summed E-state index contributed by atoms with van der Waals surface area (Å²) in [5, 5.41) is 0. The molecule has 0 aliphatic carbocycles. The normalized spacial score (nSPS) is 12.8. The minimum Gasteiger partial charge on any atom is -0.493 e. The summed E-state index contributed by atoms with van der Waals surface area (Å²) in [5.74, 6) is 0.290. The average molecular weight is 309 g/mol. The highest BCUT2D eigenvalue weighted by Crippen LogP contribution is 2.35. The fraction of sp³-hybridized carbons (Fsp3) is 0.462. The molecule has 0 heterocycles. The molecule has 20 heavy (non-hydrogen) atoms. The third kappa shape index (κ3) is 5.28. The van der Waals surface area contributed by atoms with Crippen molar-refractivity contribution in [3.05, 3.63) is 23.8 Å². The number of rotatable bonds is 5. The third-order valence-corrected chi connectivity index (χ3v) is 2.49. The number of alkyl halides is 4. The van der Waals surface area contributed by atoms with Crippen LogP contribution in [0.5, 0.6) is 5.75 Å². The van der Waals surface area contributed by atoms with E-state index in [-0.39, 0.29) is 29.1 Å². The highest BCUT2D eigenvalue weighted by molar-refractivity contribution is 6.28. The maximum atomic E-state index is 12.8. The van der Waals surface area contributed by atoms with E-state index in [9.17, 15) is 13.2 Å². The number of amidine groups is 1. The van der Waals surface area contributed by atoms with Crippen molar-refractivity contribution in [2.75, 3.05) is 12.5 Å². The van der Waals surface area contributed by atoms with Gasteiger partial charge < -0.3 is 10.5 Å². The maximum absolute atomic E-state index is 12.8. The molecule has 0 saturated heterocycles. The summed E-state index contributed by atoms with van der Waals surface area (Å²) >= 11 is 5.46. The molecular weight excluding hydrogens is 293 g/mol. The molecule has 112 valence electrons. The van der Waals surface area contributed by atoms with Gasteiger partial charge in [-0.25, -0.2) is 4.99 Å². The van der Waals surface area contributed by atoms with Crippen LogP contribution in [0.15, 0.2) is 23.2 Å². The van der Waals surface area contributed by atoms with Gasteiger partial charge in [0.25, 0.3) is 0 Å². The zero-order valence-electron chi connectivity index (χ0n) is 11.2. The third-order valence-electron chi connectivity index (χ3n) is 2.21. The summed E-state index contributed by atoms with van der Waals surface area (Å²) < 4.78 is 43.7. The van der Waals surface area contributed by atoms with Gasteiger partial charge in [0.05, 0.1) is 23.7 Å². The predicted molar refractivity (Wildman–Crippen MR) is 73.8 cm³/mol. The lowest BCUT2D eigenvalue weighted by Crippen LogP contribution is -2.12. The summed E-state index contributed by atoms with van der Waals surface area (Å²) in [5.41, 5.74) is 4.67. The second-order valence-corrected chi connectivity index (χ2v) is 4.92. The summed E-state index contributed by atoms with van der Waals surface area (Å²) in [4.78, 5) is 3.82. The van der Waals surface area contributed by atoms with Crippen LogP contribution in [0.2, 0.25) is 0 Å². The Hall–Kier alpha value is -1.43. The zero-order chi connectivity index (χ0) is 15.3. The number of aliphatic imine (C=N–C) groups is 1. The Morgan fingerprint density at radius 2 is 2.00 bits per heavy atom. The van der Waals surface area contributed by atoms with Crippen molar-refractivity contribution in [1.29, 1.82) is 0 Å². The van der Waals surface area contributed by atoms with Gasteiger partial charge in [0.2, 0.25) is 0 Å². The largest absolute Gasteiger partial charge is 0.493 e. The maximum Gasteiger partial charge on any atom is 0.416 e. The van der Waals surface area contributed by atoms with E-state index in [2.05, 4.69) is 4.99 Å². The van der Waals surface area contributed by atoms with Crippen LogP contribution in [0.25, 0.3) is 0 Å². The quantitative estimate of drug-likeness (QED) is 0.508. The Bertz CT molecular complexity index is 487. The number of ether oxygens (including phenoxy) is 1. The first-order valence-corrected chi connectivity index (χ1v) is 6.50. The van der Waals surface area contributed by atoms with Crippen molar-refractivity contribution >= 4 is 23.1 Å². The molecule has 1 rings (SSSR count). The fourth-order valence-electron chi connectivity index (χ4n) is 1.35. The topological polar surface area (TPSA) is 47.6 Å². The van der Waals surface area contributed by atoms with Gasteiger partial charge in [-0.3, -0.25) is 0 Å². The molecule has 0 unspecified atom stereocenters. The van der Waals surface area contributed by atoms with Crippen molar-refractivity contribution in [2.45, 2.75) is 20.0 Å². The average Bonchev–Trinajstić information content (AvgIpc) is 2.35. The van der Waals surface area contributed by atoms with E-state index in [0.29, 0.717) is 6.61 Å². The molecule has 0 fully saturated rings. The molecule has 7 heteroatoms. The molecule has 0 amide bonds. The van der Waals surface area contributed by atoms with Crippen LogP contribution >= 0.6 is 11.6 Å². The zero-order valence-corrected chi connectivity index (χ0v) is 11.9. The van der Waals surface area contributed by atoms with E-state index in [1.165, 1.54) is 6.07 Å². The van der Waals surface area contributed by atoms with Gasteiger partial charge in [-0.05, 0) is 18.1 Å². The first-order valence-electron chi connectivity index (χ1n) is 5.96. The number of nitrogens with zero attached hydrogens (tertiary/aromatic N) is 1. The number of nitrogens with two attached hydrogens (primary N) is 1. The standard InChI is InChI=1S/C13H16ClF3N2O/c1-8(2)7-20-11-4-9(13(15,16)17)3-10(5-11)19-12(18)6-14/h3-5,8H,6-7H2,1-2H3,(H2,18,19). The molecule has 0 bridgehead atoms. The van der Waals surface area contributed by atoms with Crippen LogP contribution < -0.4 is 10.5 Å². The van der Waals surface area contributed by atoms with Crippen LogP contribution in [0.3, 0.4) is 0 Å². The molecule has 1 aromatic carbocycles. The lowest BCUT2D eigenvalue weighted by atomic mass is 10.1. The Balaban J connectivity index is 3.14. The highest BCUT2D eigenvalue weighted by atomic mass is 35.5. The Morgan fingerprint density at radius 3 is 2.50 bits per heavy atom. The Morgan fingerprint density at radius 1 is 1.35 bits per heavy atom. The van der Waals surface area contributed by atoms with Crippen molar-refractivity contribution in [3.8, 4) is 5.75 Å². The van der Waals surface area contributed by atoms with E-state index < -0.39 is 11.7 Å². The molecule has 2 N–H and O–H groups in total. The molecular formula is C13H16ClF3N2O. The number of benzene rings is 1. The van der Waals surface area contributed by atoms with Gasteiger partial charge in [-0.1, -0.05) is 13.8 Å². The Labute approximate surface area is 120 Å². The van der Waals surface area contributed by atoms with Crippen LogP contribution in [0.1, 0.15) is 19.4 Å². The summed E-state index contributed by atoms with van der Waals surface area (Å²) in [7, 11) is 0. The smallest absolute Gasteiger partial charge is 0.416 e. The summed E-state index contributed by atoms with van der Waals surface area (Å²) in [6, 6.07) is 3.25. The number of hydrogen-bond acceptors (Lipinski definition) is 2. The summed E-state index contributed by atoms with van der Waals surface area (Å²) in [6.45, 7) is 4.12. The van der Waals surface area contributed by atoms with Gasteiger partial charge in [-0.15, -0.1) is 11.6 Å². The van der Waals surface area contributed by atoms with Gasteiger partial charge in [0.1, 0.15) is 11.6 Å². The monoisotopic (exact) mass is 308 g/mol. The minimum atomic E-state index is -4.48. The van der Waals surface area contributed by atoms with E-state index >= 15 is 0 Å². The predicted octanol–water partition coefficient (Wildman–Crippen LogP) is 3.97. The van der Waals surface area contributed by atoms with Crippen molar-refractivity contribution < 1.29 is 17.9 Å². The molecule has 0 saturated carbocycles. The molecule has 0 spiro atoms. The first-order chi connectivity index (χ1) is 9.22. The minimum absolute atomic E-state index is 0.0424. The lowest BCUT2D eigenvalue weighted by molar-refractivity contribution is -0.137. The van der Waals surface area contributed by atoms with E-state index in [4.69, 9.17) is 22.1 Å². The number of hydrogen-bond donors (Lipinski definition) is 1. The van der Waals surface area contributed by atoms with Crippen molar-refractivity contribution in [1.82, 2.24) is 0 Å². The van der Waals surface area contributed by atoms with E-state index in [0.717, 1.165) is 12.1 Å². The Kier molecular flexibility index (Phi) is 5.68. The summed E-state index contributed by atoms with van der Waals surface area (Å²) in [6.07, 6.45) is -4.48. The fourth-order valence-corrected chi connectivity index (χ4v) is 1.41. The number of halogens is 4. The van der Waals surface area contributed by atoms with Crippen molar-refractivity contribution in [2.24, 2.45) is 16.6 Å². The lowest BCUT2D eigenvalue weighted by Gasteiger charge is -2.13. The van der Waals surface area contributed by atoms with Gasteiger partial charge in [0, 0.05) is 6.07 Å². The van der Waals surface area contributed by atoms with Crippen LogP contribution in [-0.2, 0) is 6.18 Å². The van der Waals surface area contributed by atoms with Crippen molar-refractivity contribution in [3.63, 3.8) is 0 Å². The van der Waals surface area contributed by atoms with Gasteiger partial charge in [-0.2, -0.15) is 13.2 Å². The second kappa shape index (κ2) is 6.83. The highest BCUT2D eigenvalue weighted by Gasteiger charge is 2.31. The SMILES string of the molecule is CC(C)COc1cc(N=C(N)CCl)cc(C(F)(F)F)c1. The van der Waals surface area contributed by atoms with E-state index in [1.807, 2.05) is 13.8 Å². The van der Waals surface area contributed by atoms with Crippen LogP contribution in [0.4, 0.5) is 18.9 Å². The van der Waals surface area contributed by atoms with E-state index in [1.54, 1.807) is 0 Å². The molecule has 1 aromatic rings. The molecule has 0 radical (unpaired) electrons. The van der Waals surface area contributed by atoms with Gasteiger partial charge >= 0.3 is 6.18 Å². The second-order valence-electron chi connectivity index (χ2n) is 4.65. The molecule has 3 nitrogen and oxygen atoms in total. The molecule has 0 atom stereocenters. The van der Waals surface area contributed by atoms with Crippen LogP contribution in [-0.4, -0.2) is 18.3 Å². The first kappa shape index (κ1) is 16.6. The molecule has 0 aliphatic rings. The van der Waals surface area contributed by atoms with Crippen LogP contribution in [0, 0.1) is 5.92 Å².